The van der Waals surface area contributed by atoms with E-state index in [2.05, 4.69) is 5.32 Å². The molecule has 6 heteroatoms. The van der Waals surface area contributed by atoms with Crippen molar-refractivity contribution in [3.8, 4) is 0 Å². The molecule has 1 saturated heterocycles. The van der Waals surface area contributed by atoms with Crippen LogP contribution in [0, 0.1) is 0 Å². The molecular formula is C15H16Cl2N2O2. The van der Waals surface area contributed by atoms with Crippen LogP contribution >= 0.6 is 23.2 Å². The van der Waals surface area contributed by atoms with Crippen LogP contribution in [0.1, 0.15) is 18.9 Å². The average Bonchev–Trinajstić information content (AvgIpc) is 2.48. The van der Waals surface area contributed by atoms with Gasteiger partial charge in [0.15, 0.2) is 0 Å². The van der Waals surface area contributed by atoms with E-state index in [0.717, 1.165) is 5.56 Å². The molecule has 0 spiro atoms. The normalized spacial score (nSPS) is 18.9. The maximum Gasteiger partial charge on any atom is 0.247 e. The summed E-state index contributed by atoms with van der Waals surface area (Å²) in [4.78, 5) is 25.6. The van der Waals surface area contributed by atoms with Crippen molar-refractivity contribution in [2.45, 2.75) is 19.4 Å². The number of rotatable bonds is 3. The van der Waals surface area contributed by atoms with Crippen molar-refractivity contribution < 1.29 is 9.59 Å². The van der Waals surface area contributed by atoms with Crippen LogP contribution in [-0.4, -0.2) is 35.8 Å². The Bertz CT molecular complexity index is 587. The number of nitrogens with zero attached hydrogens (tertiary/aromatic N) is 1. The lowest BCUT2D eigenvalue weighted by Gasteiger charge is -2.33. The zero-order valence-electron chi connectivity index (χ0n) is 11.6. The van der Waals surface area contributed by atoms with E-state index in [0.29, 0.717) is 29.6 Å². The molecule has 1 atom stereocenters. The van der Waals surface area contributed by atoms with Crippen LogP contribution in [0.25, 0.3) is 6.08 Å². The van der Waals surface area contributed by atoms with Crippen molar-refractivity contribution in [3.63, 3.8) is 0 Å². The van der Waals surface area contributed by atoms with E-state index >= 15 is 0 Å². The summed E-state index contributed by atoms with van der Waals surface area (Å²) in [6.07, 6.45) is 3.72. The van der Waals surface area contributed by atoms with Gasteiger partial charge >= 0.3 is 0 Å². The summed E-state index contributed by atoms with van der Waals surface area (Å²) in [5.41, 5.74) is 0.784. The summed E-state index contributed by atoms with van der Waals surface area (Å²) >= 11 is 11.8. The van der Waals surface area contributed by atoms with Crippen molar-refractivity contribution in [2.75, 3.05) is 13.1 Å². The Morgan fingerprint density at radius 3 is 2.86 bits per heavy atom. The van der Waals surface area contributed by atoms with E-state index in [4.69, 9.17) is 23.2 Å². The van der Waals surface area contributed by atoms with Crippen LogP contribution in [0.2, 0.25) is 10.0 Å². The second-order valence-corrected chi connectivity index (χ2v) is 5.57. The quantitative estimate of drug-likeness (QED) is 0.868. The summed E-state index contributed by atoms with van der Waals surface area (Å²) in [5.74, 6) is -0.275. The first-order valence-electron chi connectivity index (χ1n) is 6.74. The third-order valence-electron chi connectivity index (χ3n) is 3.36. The van der Waals surface area contributed by atoms with Gasteiger partial charge < -0.3 is 10.2 Å². The molecule has 0 aliphatic carbocycles. The zero-order chi connectivity index (χ0) is 15.4. The highest BCUT2D eigenvalue weighted by molar-refractivity contribution is 6.42. The number of nitrogens with one attached hydrogen (secondary N) is 1. The van der Waals surface area contributed by atoms with Gasteiger partial charge in [-0.3, -0.25) is 9.59 Å². The number of carbonyl (C=O) groups excluding carboxylic acids is 2. The van der Waals surface area contributed by atoms with Crippen molar-refractivity contribution in [1.82, 2.24) is 10.2 Å². The molecule has 0 saturated carbocycles. The highest BCUT2D eigenvalue weighted by atomic mass is 35.5. The Morgan fingerprint density at radius 1 is 1.43 bits per heavy atom. The fraction of sp³-hybridized carbons (Fsp3) is 0.333. The van der Waals surface area contributed by atoms with Gasteiger partial charge in [0.1, 0.15) is 6.04 Å². The van der Waals surface area contributed by atoms with Crippen LogP contribution in [-0.2, 0) is 9.59 Å². The molecule has 2 rings (SSSR count). The molecule has 21 heavy (non-hydrogen) atoms. The molecule has 0 radical (unpaired) electrons. The van der Waals surface area contributed by atoms with E-state index in [1.54, 1.807) is 29.2 Å². The molecule has 1 aliphatic heterocycles. The number of piperazine rings is 1. The largest absolute Gasteiger partial charge is 0.353 e. The van der Waals surface area contributed by atoms with Gasteiger partial charge in [-0.25, -0.2) is 0 Å². The van der Waals surface area contributed by atoms with Crippen molar-refractivity contribution >= 4 is 41.1 Å². The molecule has 1 fully saturated rings. The number of carbonyl (C=O) groups is 2. The monoisotopic (exact) mass is 326 g/mol. The molecule has 0 bridgehead atoms. The Hall–Kier alpha value is -1.52. The lowest BCUT2D eigenvalue weighted by Crippen LogP contribution is -2.56. The van der Waals surface area contributed by atoms with E-state index in [-0.39, 0.29) is 11.8 Å². The van der Waals surface area contributed by atoms with Crippen molar-refractivity contribution in [1.29, 1.82) is 0 Å². The molecule has 1 heterocycles. The molecule has 112 valence electrons. The topological polar surface area (TPSA) is 49.4 Å². The number of benzene rings is 1. The first kappa shape index (κ1) is 15.9. The fourth-order valence-electron chi connectivity index (χ4n) is 2.26. The van der Waals surface area contributed by atoms with Crippen LogP contribution in [0.4, 0.5) is 0 Å². The fourth-order valence-corrected chi connectivity index (χ4v) is 2.57. The van der Waals surface area contributed by atoms with Crippen LogP contribution in [0.15, 0.2) is 24.3 Å². The third-order valence-corrected chi connectivity index (χ3v) is 4.10. The lowest BCUT2D eigenvalue weighted by atomic mass is 10.1. The Balaban J connectivity index is 2.10. The van der Waals surface area contributed by atoms with Gasteiger partial charge in [-0.15, -0.1) is 0 Å². The molecule has 1 aromatic rings. The lowest BCUT2D eigenvalue weighted by molar-refractivity contribution is -0.140. The zero-order valence-corrected chi connectivity index (χ0v) is 13.1. The van der Waals surface area contributed by atoms with E-state index in [1.165, 1.54) is 6.08 Å². The molecule has 4 nitrogen and oxygen atoms in total. The van der Waals surface area contributed by atoms with Gasteiger partial charge in [-0.1, -0.05) is 36.2 Å². The maximum atomic E-state index is 12.2. The minimum Gasteiger partial charge on any atom is -0.353 e. The summed E-state index contributed by atoms with van der Waals surface area (Å²) in [5, 5.41) is 3.68. The summed E-state index contributed by atoms with van der Waals surface area (Å²) in [7, 11) is 0. The number of hydrogen-bond acceptors (Lipinski definition) is 2. The van der Waals surface area contributed by atoms with Gasteiger partial charge in [0.2, 0.25) is 11.8 Å². The molecule has 1 aromatic carbocycles. The van der Waals surface area contributed by atoms with Crippen LogP contribution in [0.3, 0.4) is 0 Å². The summed E-state index contributed by atoms with van der Waals surface area (Å²) < 4.78 is 0. The molecule has 1 aliphatic rings. The number of halogens is 2. The predicted molar refractivity (Wildman–Crippen MR) is 84.3 cm³/mol. The van der Waals surface area contributed by atoms with Gasteiger partial charge in [0.25, 0.3) is 0 Å². The smallest absolute Gasteiger partial charge is 0.247 e. The first-order valence-corrected chi connectivity index (χ1v) is 7.50. The van der Waals surface area contributed by atoms with E-state index in [1.807, 2.05) is 6.92 Å². The minimum absolute atomic E-state index is 0.0972. The number of amides is 2. The van der Waals surface area contributed by atoms with Gasteiger partial charge in [-0.2, -0.15) is 0 Å². The average molecular weight is 327 g/mol. The molecule has 2 amide bonds. The van der Waals surface area contributed by atoms with Gasteiger partial charge in [0.05, 0.1) is 10.0 Å². The first-order chi connectivity index (χ1) is 10.0. The predicted octanol–water partition coefficient (Wildman–Crippen LogP) is 2.74. The molecular weight excluding hydrogens is 311 g/mol. The van der Waals surface area contributed by atoms with Crippen molar-refractivity contribution in [2.24, 2.45) is 0 Å². The molecule has 1 N–H and O–H groups in total. The Labute approximate surface area is 133 Å². The minimum atomic E-state index is -0.398. The van der Waals surface area contributed by atoms with Gasteiger partial charge in [0, 0.05) is 19.2 Å². The van der Waals surface area contributed by atoms with Crippen LogP contribution in [0.5, 0.6) is 0 Å². The highest BCUT2D eigenvalue weighted by Crippen LogP contribution is 2.23. The highest BCUT2D eigenvalue weighted by Gasteiger charge is 2.30. The standard InChI is InChI=1S/C15H16Cl2N2O2/c1-2-13-15(21)18-7-8-19(13)14(20)6-4-10-3-5-11(16)12(17)9-10/h3-6,9,13H,2,7-8H2,1H3,(H,18,21). The Kier molecular flexibility index (Phi) is 5.26. The van der Waals surface area contributed by atoms with Crippen LogP contribution < -0.4 is 5.32 Å². The molecule has 1 unspecified atom stereocenters. The second-order valence-electron chi connectivity index (χ2n) is 4.75. The molecule has 0 aromatic heterocycles. The van der Waals surface area contributed by atoms with Gasteiger partial charge in [-0.05, 0) is 30.2 Å². The van der Waals surface area contributed by atoms with E-state index in [9.17, 15) is 9.59 Å². The Morgan fingerprint density at radius 2 is 2.19 bits per heavy atom. The third kappa shape index (κ3) is 3.77. The summed E-state index contributed by atoms with van der Waals surface area (Å²) in [6.45, 7) is 2.90. The number of hydrogen-bond donors (Lipinski definition) is 1. The van der Waals surface area contributed by atoms with E-state index < -0.39 is 6.04 Å². The summed E-state index contributed by atoms with van der Waals surface area (Å²) in [6, 6.07) is 4.74. The second kappa shape index (κ2) is 6.96. The maximum absolute atomic E-state index is 12.2. The van der Waals surface area contributed by atoms with Crippen molar-refractivity contribution in [3.05, 3.63) is 39.9 Å². The SMILES string of the molecule is CCC1C(=O)NCCN1C(=O)C=Cc1ccc(Cl)c(Cl)c1.